The highest BCUT2D eigenvalue weighted by molar-refractivity contribution is 7.12. The van der Waals surface area contributed by atoms with Crippen molar-refractivity contribution < 1.29 is 5.11 Å². The maximum absolute atomic E-state index is 8.75. The molecule has 0 aliphatic carbocycles. The second kappa shape index (κ2) is 7.24. The van der Waals surface area contributed by atoms with Gasteiger partial charge in [-0.1, -0.05) is 20.8 Å². The van der Waals surface area contributed by atoms with Crippen molar-refractivity contribution in [2.24, 2.45) is 5.73 Å². The van der Waals surface area contributed by atoms with Crippen LogP contribution in [0.5, 0.6) is 0 Å². The number of rotatable bonds is 7. The van der Waals surface area contributed by atoms with Gasteiger partial charge in [-0.05, 0) is 36.9 Å². The third-order valence-corrected chi connectivity index (χ3v) is 4.55. The Balaban J connectivity index is 2.57. The Kier molecular flexibility index (Phi) is 6.29. The van der Waals surface area contributed by atoms with Gasteiger partial charge in [0.2, 0.25) is 0 Å². The number of hydrogen-bond donors (Lipinski definition) is 3. The Morgan fingerprint density at radius 1 is 1.33 bits per heavy atom. The fourth-order valence-corrected chi connectivity index (χ4v) is 2.91. The van der Waals surface area contributed by atoms with Gasteiger partial charge in [-0.2, -0.15) is 0 Å². The lowest BCUT2D eigenvalue weighted by Gasteiger charge is -2.17. The fourth-order valence-electron chi connectivity index (χ4n) is 1.76. The van der Waals surface area contributed by atoms with E-state index in [4.69, 9.17) is 10.8 Å². The number of thiophene rings is 1. The van der Waals surface area contributed by atoms with E-state index in [0.29, 0.717) is 6.54 Å². The lowest BCUT2D eigenvalue weighted by Crippen LogP contribution is -2.28. The van der Waals surface area contributed by atoms with Crippen molar-refractivity contribution in [1.29, 1.82) is 0 Å². The van der Waals surface area contributed by atoms with E-state index < -0.39 is 0 Å². The summed E-state index contributed by atoms with van der Waals surface area (Å²) in [5, 5.41) is 12.2. The summed E-state index contributed by atoms with van der Waals surface area (Å²) in [5.74, 6) is 0. The first-order chi connectivity index (χ1) is 8.49. The van der Waals surface area contributed by atoms with E-state index in [9.17, 15) is 0 Å². The summed E-state index contributed by atoms with van der Waals surface area (Å²) in [6, 6.07) is 4.63. The molecule has 0 fully saturated rings. The van der Waals surface area contributed by atoms with E-state index in [-0.39, 0.29) is 18.1 Å². The van der Waals surface area contributed by atoms with Gasteiger partial charge in [0, 0.05) is 22.9 Å². The molecule has 4 N–H and O–H groups in total. The first kappa shape index (κ1) is 15.6. The Hall–Kier alpha value is -0.420. The third kappa shape index (κ3) is 4.69. The minimum Gasteiger partial charge on any atom is -0.396 e. The summed E-state index contributed by atoms with van der Waals surface area (Å²) >= 11 is 1.84. The second-order valence-corrected chi connectivity index (χ2v) is 6.74. The van der Waals surface area contributed by atoms with E-state index >= 15 is 0 Å². The molecule has 18 heavy (non-hydrogen) atoms. The lowest BCUT2D eigenvalue weighted by molar-refractivity contribution is 0.282. The molecule has 0 bridgehead atoms. The molecule has 1 heterocycles. The Labute approximate surface area is 114 Å². The van der Waals surface area contributed by atoms with E-state index in [0.717, 1.165) is 19.4 Å². The molecule has 0 saturated carbocycles. The zero-order chi connectivity index (χ0) is 13.6. The largest absolute Gasteiger partial charge is 0.396 e. The molecule has 0 aromatic carbocycles. The standard InChI is InChI=1S/C14H26N2OS/c1-14(2,3)13-7-6-12(18-13)11(10-15)16-8-4-5-9-17/h6-7,11,16-17H,4-5,8-10,15H2,1-3H3. The Morgan fingerprint density at radius 3 is 2.56 bits per heavy atom. The van der Waals surface area contributed by atoms with Crippen LogP contribution in [0.15, 0.2) is 12.1 Å². The van der Waals surface area contributed by atoms with Gasteiger partial charge >= 0.3 is 0 Å². The topological polar surface area (TPSA) is 58.3 Å². The van der Waals surface area contributed by atoms with E-state index in [1.807, 2.05) is 11.3 Å². The van der Waals surface area contributed by atoms with Crippen LogP contribution >= 0.6 is 11.3 Å². The monoisotopic (exact) mass is 270 g/mol. The van der Waals surface area contributed by atoms with Gasteiger partial charge in [-0.15, -0.1) is 11.3 Å². The lowest BCUT2D eigenvalue weighted by atomic mass is 9.95. The number of nitrogens with two attached hydrogens (primary N) is 1. The van der Waals surface area contributed by atoms with Gasteiger partial charge in [-0.25, -0.2) is 0 Å². The molecule has 3 nitrogen and oxygen atoms in total. The number of nitrogens with one attached hydrogen (secondary N) is 1. The van der Waals surface area contributed by atoms with Gasteiger partial charge in [0.1, 0.15) is 0 Å². The van der Waals surface area contributed by atoms with Gasteiger partial charge in [0.15, 0.2) is 0 Å². The highest BCUT2D eigenvalue weighted by Crippen LogP contribution is 2.32. The van der Waals surface area contributed by atoms with Crippen molar-refractivity contribution in [1.82, 2.24) is 5.32 Å². The smallest absolute Gasteiger partial charge is 0.0539 e. The summed E-state index contributed by atoms with van der Waals surface area (Å²) in [5.41, 5.74) is 6.04. The minimum atomic E-state index is 0.207. The van der Waals surface area contributed by atoms with Crippen LogP contribution in [0.1, 0.15) is 49.4 Å². The van der Waals surface area contributed by atoms with E-state index in [1.165, 1.54) is 9.75 Å². The zero-order valence-corrected chi connectivity index (χ0v) is 12.5. The van der Waals surface area contributed by atoms with E-state index in [1.54, 1.807) is 0 Å². The van der Waals surface area contributed by atoms with Crippen LogP contribution in [0.25, 0.3) is 0 Å². The maximum atomic E-state index is 8.75. The molecule has 0 saturated heterocycles. The van der Waals surface area contributed by atoms with Crippen molar-refractivity contribution in [3.63, 3.8) is 0 Å². The molecule has 1 rings (SSSR count). The zero-order valence-electron chi connectivity index (χ0n) is 11.7. The molecular weight excluding hydrogens is 244 g/mol. The van der Waals surface area contributed by atoms with Crippen LogP contribution < -0.4 is 11.1 Å². The Morgan fingerprint density at radius 2 is 2.06 bits per heavy atom. The summed E-state index contributed by atoms with van der Waals surface area (Å²) in [7, 11) is 0. The molecule has 1 aromatic rings. The van der Waals surface area contributed by atoms with Crippen LogP contribution in [0.4, 0.5) is 0 Å². The van der Waals surface area contributed by atoms with Crippen LogP contribution in [-0.4, -0.2) is 24.8 Å². The average molecular weight is 270 g/mol. The Bertz CT molecular complexity index is 344. The van der Waals surface area contributed by atoms with E-state index in [2.05, 4.69) is 38.2 Å². The fraction of sp³-hybridized carbons (Fsp3) is 0.714. The SMILES string of the molecule is CC(C)(C)c1ccc(C(CN)NCCCCO)s1. The minimum absolute atomic E-state index is 0.207. The predicted octanol–water partition coefficient (Wildman–Crippen LogP) is 2.41. The van der Waals surface area contributed by atoms with Crippen LogP contribution in [0.3, 0.4) is 0 Å². The van der Waals surface area contributed by atoms with Gasteiger partial charge in [0.25, 0.3) is 0 Å². The van der Waals surface area contributed by atoms with Gasteiger partial charge in [0.05, 0.1) is 6.04 Å². The number of hydrogen-bond acceptors (Lipinski definition) is 4. The van der Waals surface area contributed by atoms with Crippen LogP contribution in [0.2, 0.25) is 0 Å². The summed E-state index contributed by atoms with van der Waals surface area (Å²) < 4.78 is 0. The molecule has 0 aliphatic heterocycles. The normalized spacial score (nSPS) is 13.8. The highest BCUT2D eigenvalue weighted by atomic mass is 32.1. The van der Waals surface area contributed by atoms with Crippen molar-refractivity contribution >= 4 is 11.3 Å². The molecule has 1 unspecified atom stereocenters. The van der Waals surface area contributed by atoms with Gasteiger partial charge in [-0.3, -0.25) is 0 Å². The predicted molar refractivity (Wildman–Crippen MR) is 79.1 cm³/mol. The summed E-state index contributed by atoms with van der Waals surface area (Å²) in [4.78, 5) is 2.71. The highest BCUT2D eigenvalue weighted by Gasteiger charge is 2.18. The van der Waals surface area contributed by atoms with Crippen molar-refractivity contribution in [3.05, 3.63) is 21.9 Å². The van der Waals surface area contributed by atoms with Gasteiger partial charge < -0.3 is 16.2 Å². The van der Waals surface area contributed by atoms with Crippen LogP contribution in [-0.2, 0) is 5.41 Å². The first-order valence-corrected chi connectivity index (χ1v) is 7.45. The van der Waals surface area contributed by atoms with Crippen molar-refractivity contribution in [2.45, 2.75) is 45.1 Å². The van der Waals surface area contributed by atoms with Crippen molar-refractivity contribution in [3.8, 4) is 0 Å². The molecule has 0 radical (unpaired) electrons. The first-order valence-electron chi connectivity index (χ1n) is 6.63. The third-order valence-electron chi connectivity index (χ3n) is 2.92. The maximum Gasteiger partial charge on any atom is 0.0539 e. The average Bonchev–Trinajstić information content (AvgIpc) is 2.78. The molecular formula is C14H26N2OS. The molecule has 1 aromatic heterocycles. The molecule has 0 aliphatic rings. The second-order valence-electron chi connectivity index (χ2n) is 5.63. The molecule has 1 atom stereocenters. The summed E-state index contributed by atoms with van der Waals surface area (Å²) in [6.45, 7) is 8.48. The quantitative estimate of drug-likeness (QED) is 0.667. The molecule has 0 spiro atoms. The number of aliphatic hydroxyl groups excluding tert-OH is 1. The number of unbranched alkanes of at least 4 members (excludes halogenated alkanes) is 1. The van der Waals surface area contributed by atoms with Crippen LogP contribution in [0, 0.1) is 0 Å². The number of aliphatic hydroxyl groups is 1. The molecule has 0 amide bonds. The summed E-state index contributed by atoms with van der Waals surface area (Å²) in [6.07, 6.45) is 1.84. The van der Waals surface area contributed by atoms with Crippen molar-refractivity contribution in [2.75, 3.05) is 19.7 Å². The molecule has 104 valence electrons. The molecule has 4 heteroatoms.